The number of hydrogen-bond acceptors (Lipinski definition) is 5. The molecule has 29 heavy (non-hydrogen) atoms. The Bertz CT molecular complexity index is 854. The standard InChI is InChI=1S/C22H27ClN4O2/c1-29-21-20(8-3-9-24-21)22(28)27-10-4-7-19(16-27)26-13-11-25(12-14-26)18-6-2-5-17(23)15-18/h2-3,5-6,8-9,15,19H,4,7,10-14,16H2,1H3/t19-/m1/s1. The molecule has 2 aliphatic rings. The van der Waals surface area contributed by atoms with Gasteiger partial charge in [0.25, 0.3) is 5.91 Å². The van der Waals surface area contributed by atoms with E-state index in [0.29, 0.717) is 17.5 Å². The molecular formula is C22H27ClN4O2. The van der Waals surface area contributed by atoms with E-state index < -0.39 is 0 Å². The van der Waals surface area contributed by atoms with E-state index in [-0.39, 0.29) is 5.91 Å². The summed E-state index contributed by atoms with van der Waals surface area (Å²) in [6, 6.07) is 12.0. The number of methoxy groups -OCH3 is 1. The number of piperazine rings is 1. The summed E-state index contributed by atoms with van der Waals surface area (Å²) < 4.78 is 5.28. The quantitative estimate of drug-likeness (QED) is 0.769. The van der Waals surface area contributed by atoms with Gasteiger partial charge >= 0.3 is 0 Å². The van der Waals surface area contributed by atoms with E-state index in [9.17, 15) is 4.79 Å². The van der Waals surface area contributed by atoms with E-state index >= 15 is 0 Å². The van der Waals surface area contributed by atoms with Gasteiger partial charge in [-0.2, -0.15) is 0 Å². The molecule has 0 aliphatic carbocycles. The molecule has 0 unspecified atom stereocenters. The summed E-state index contributed by atoms with van der Waals surface area (Å²) >= 11 is 6.14. The summed E-state index contributed by atoms with van der Waals surface area (Å²) in [5, 5.41) is 0.775. The summed E-state index contributed by atoms with van der Waals surface area (Å²) in [6.45, 7) is 5.48. The molecule has 0 bridgehead atoms. The Morgan fingerprint density at radius 3 is 2.72 bits per heavy atom. The van der Waals surface area contributed by atoms with Crippen molar-refractivity contribution in [3.05, 3.63) is 53.2 Å². The molecule has 3 heterocycles. The summed E-state index contributed by atoms with van der Waals surface area (Å²) in [5.41, 5.74) is 1.72. The number of rotatable bonds is 4. The number of carbonyl (C=O) groups excluding carboxylic acids is 1. The van der Waals surface area contributed by atoms with E-state index in [2.05, 4.69) is 20.9 Å². The molecule has 2 aromatic rings. The molecule has 0 N–H and O–H groups in total. The highest BCUT2D eigenvalue weighted by Crippen LogP contribution is 2.25. The molecule has 2 saturated heterocycles. The molecule has 2 fully saturated rings. The van der Waals surface area contributed by atoms with Crippen molar-refractivity contribution in [1.29, 1.82) is 0 Å². The molecule has 6 nitrogen and oxygen atoms in total. The number of amides is 1. The Hall–Kier alpha value is -2.31. The van der Waals surface area contributed by atoms with Crippen molar-refractivity contribution < 1.29 is 9.53 Å². The van der Waals surface area contributed by atoms with Gasteiger partial charge < -0.3 is 14.5 Å². The van der Waals surface area contributed by atoms with Crippen molar-refractivity contribution in [3.8, 4) is 5.88 Å². The predicted molar refractivity (Wildman–Crippen MR) is 115 cm³/mol. The third-order valence-electron chi connectivity index (χ3n) is 5.88. The van der Waals surface area contributed by atoms with Crippen LogP contribution in [0, 0.1) is 0 Å². The first-order valence-electron chi connectivity index (χ1n) is 10.2. The highest BCUT2D eigenvalue weighted by atomic mass is 35.5. The predicted octanol–water partition coefficient (Wildman–Crippen LogP) is 3.17. The molecule has 0 radical (unpaired) electrons. The number of anilines is 1. The van der Waals surface area contributed by atoms with Crippen LogP contribution in [0.5, 0.6) is 5.88 Å². The lowest BCUT2D eigenvalue weighted by Crippen LogP contribution is -2.55. The number of pyridine rings is 1. The Kier molecular flexibility index (Phi) is 6.21. The second-order valence-electron chi connectivity index (χ2n) is 7.61. The van der Waals surface area contributed by atoms with Crippen LogP contribution in [0.1, 0.15) is 23.2 Å². The molecule has 1 aromatic carbocycles. The Morgan fingerprint density at radius 2 is 1.97 bits per heavy atom. The maximum Gasteiger partial charge on any atom is 0.259 e. The zero-order valence-electron chi connectivity index (χ0n) is 16.8. The van der Waals surface area contributed by atoms with Crippen molar-refractivity contribution in [2.45, 2.75) is 18.9 Å². The second kappa shape index (κ2) is 9.01. The summed E-state index contributed by atoms with van der Waals surface area (Å²) in [5.74, 6) is 0.409. The monoisotopic (exact) mass is 414 g/mol. The van der Waals surface area contributed by atoms with Crippen LogP contribution in [-0.2, 0) is 0 Å². The maximum atomic E-state index is 13.0. The molecule has 1 atom stereocenters. The number of carbonyl (C=O) groups is 1. The topological polar surface area (TPSA) is 48.9 Å². The second-order valence-corrected chi connectivity index (χ2v) is 8.05. The fourth-order valence-corrected chi connectivity index (χ4v) is 4.53. The molecule has 0 saturated carbocycles. The first kappa shape index (κ1) is 20.0. The van der Waals surface area contributed by atoms with E-state index in [1.165, 1.54) is 5.69 Å². The third-order valence-corrected chi connectivity index (χ3v) is 6.12. The van der Waals surface area contributed by atoms with Gasteiger partial charge in [-0.1, -0.05) is 17.7 Å². The zero-order chi connectivity index (χ0) is 20.2. The van der Waals surface area contributed by atoms with Crippen LogP contribution < -0.4 is 9.64 Å². The number of halogens is 1. The van der Waals surface area contributed by atoms with Crippen molar-refractivity contribution in [3.63, 3.8) is 0 Å². The minimum atomic E-state index is 0.0113. The highest BCUT2D eigenvalue weighted by molar-refractivity contribution is 6.30. The highest BCUT2D eigenvalue weighted by Gasteiger charge is 2.31. The van der Waals surface area contributed by atoms with Gasteiger partial charge in [-0.3, -0.25) is 9.69 Å². The molecule has 7 heteroatoms. The van der Waals surface area contributed by atoms with Gasteiger partial charge in [0.05, 0.1) is 7.11 Å². The van der Waals surface area contributed by atoms with Crippen molar-refractivity contribution in [2.75, 3.05) is 51.3 Å². The van der Waals surface area contributed by atoms with E-state index in [1.54, 1.807) is 25.4 Å². The minimum Gasteiger partial charge on any atom is -0.480 e. The van der Waals surface area contributed by atoms with E-state index in [4.69, 9.17) is 16.3 Å². The van der Waals surface area contributed by atoms with Crippen LogP contribution in [0.15, 0.2) is 42.6 Å². The van der Waals surface area contributed by atoms with Gasteiger partial charge in [-0.25, -0.2) is 4.98 Å². The van der Waals surface area contributed by atoms with E-state index in [1.807, 2.05) is 23.1 Å². The van der Waals surface area contributed by atoms with Gasteiger partial charge in [-0.15, -0.1) is 0 Å². The van der Waals surface area contributed by atoms with Gasteiger partial charge in [0, 0.05) is 62.2 Å². The van der Waals surface area contributed by atoms with Crippen LogP contribution in [-0.4, -0.2) is 73.1 Å². The Labute approximate surface area is 177 Å². The largest absolute Gasteiger partial charge is 0.480 e. The number of ether oxygens (including phenoxy) is 1. The molecule has 1 amide bonds. The lowest BCUT2D eigenvalue weighted by molar-refractivity contribution is 0.0560. The summed E-state index contributed by atoms with van der Waals surface area (Å²) in [7, 11) is 1.55. The Balaban J connectivity index is 1.37. The number of hydrogen-bond donors (Lipinski definition) is 0. The molecule has 2 aliphatic heterocycles. The van der Waals surface area contributed by atoms with Crippen LogP contribution in [0.25, 0.3) is 0 Å². The molecule has 4 rings (SSSR count). The fourth-order valence-electron chi connectivity index (χ4n) is 4.34. The van der Waals surface area contributed by atoms with Gasteiger partial charge in [0.15, 0.2) is 0 Å². The number of piperidine rings is 1. The van der Waals surface area contributed by atoms with Gasteiger partial charge in [0.1, 0.15) is 5.56 Å². The summed E-state index contributed by atoms with van der Waals surface area (Å²) in [6.07, 6.45) is 3.80. The average molecular weight is 415 g/mol. The lowest BCUT2D eigenvalue weighted by Gasteiger charge is -2.44. The van der Waals surface area contributed by atoms with E-state index in [0.717, 1.165) is 57.1 Å². The Morgan fingerprint density at radius 1 is 1.14 bits per heavy atom. The molecule has 1 aromatic heterocycles. The van der Waals surface area contributed by atoms with Gasteiger partial charge in [0.2, 0.25) is 5.88 Å². The molecule has 0 spiro atoms. The lowest BCUT2D eigenvalue weighted by atomic mass is 10.0. The van der Waals surface area contributed by atoms with Crippen molar-refractivity contribution in [2.24, 2.45) is 0 Å². The van der Waals surface area contributed by atoms with Crippen LogP contribution in [0.4, 0.5) is 5.69 Å². The van der Waals surface area contributed by atoms with Crippen LogP contribution in [0.2, 0.25) is 5.02 Å². The van der Waals surface area contributed by atoms with Crippen molar-refractivity contribution in [1.82, 2.24) is 14.8 Å². The SMILES string of the molecule is COc1ncccc1C(=O)N1CCC[C@@H](N2CCN(c3cccc(Cl)c3)CC2)C1. The maximum absolute atomic E-state index is 13.0. The number of likely N-dealkylation sites (tertiary alicyclic amines) is 1. The average Bonchev–Trinajstić information content (AvgIpc) is 2.79. The summed E-state index contributed by atoms with van der Waals surface area (Å²) in [4.78, 5) is 24.1. The molecule has 154 valence electrons. The third kappa shape index (κ3) is 4.49. The van der Waals surface area contributed by atoms with Gasteiger partial charge in [-0.05, 0) is 43.2 Å². The fraction of sp³-hybridized carbons (Fsp3) is 0.455. The zero-order valence-corrected chi connectivity index (χ0v) is 17.5. The first-order chi connectivity index (χ1) is 14.2. The number of aromatic nitrogens is 1. The van der Waals surface area contributed by atoms with Crippen LogP contribution >= 0.6 is 11.6 Å². The van der Waals surface area contributed by atoms with Crippen molar-refractivity contribution >= 4 is 23.2 Å². The first-order valence-corrected chi connectivity index (χ1v) is 10.6. The van der Waals surface area contributed by atoms with Crippen LogP contribution in [0.3, 0.4) is 0 Å². The molecular weight excluding hydrogens is 388 g/mol. The normalized spacial score (nSPS) is 20.6. The number of benzene rings is 1. The number of nitrogens with zero attached hydrogens (tertiary/aromatic N) is 4. The minimum absolute atomic E-state index is 0.0113. The smallest absolute Gasteiger partial charge is 0.259 e.